The maximum Gasteiger partial charge on any atom is 0.335 e. The number of fused-ring (bicyclic) bond motifs is 1. The largest absolute Gasteiger partial charge is 0.478 e. The molecule has 1 aromatic carbocycles. The van der Waals surface area contributed by atoms with Crippen LogP contribution in [0.1, 0.15) is 29.8 Å². The number of anilines is 1. The van der Waals surface area contributed by atoms with E-state index in [2.05, 4.69) is 0 Å². The van der Waals surface area contributed by atoms with Gasteiger partial charge in [0.25, 0.3) is 0 Å². The molecule has 5 nitrogen and oxygen atoms in total. The van der Waals surface area contributed by atoms with Crippen LogP contribution in [0.2, 0.25) is 0 Å². The van der Waals surface area contributed by atoms with Crippen molar-refractivity contribution in [1.29, 1.82) is 0 Å². The van der Waals surface area contributed by atoms with E-state index in [0.717, 1.165) is 0 Å². The molecule has 0 radical (unpaired) electrons. The average molecular weight is 273 g/mol. The molecule has 0 bridgehead atoms. The molecule has 20 heavy (non-hydrogen) atoms. The lowest BCUT2D eigenvalue weighted by Crippen LogP contribution is -2.36. The van der Waals surface area contributed by atoms with Crippen molar-refractivity contribution in [3.05, 3.63) is 29.3 Å². The number of amides is 2. The molecule has 104 valence electrons. The van der Waals surface area contributed by atoms with Gasteiger partial charge < -0.3 is 5.11 Å². The van der Waals surface area contributed by atoms with Gasteiger partial charge in [-0.2, -0.15) is 0 Å². The zero-order valence-corrected chi connectivity index (χ0v) is 11.5. The summed E-state index contributed by atoms with van der Waals surface area (Å²) in [6.07, 6.45) is 0. The number of piperidine rings is 1. The number of carbonyl (C=O) groups excluding carboxylic acids is 2. The second-order valence-corrected chi connectivity index (χ2v) is 6.10. The van der Waals surface area contributed by atoms with Crippen molar-refractivity contribution in [2.75, 3.05) is 4.90 Å². The van der Waals surface area contributed by atoms with Gasteiger partial charge in [0.05, 0.1) is 23.1 Å². The summed E-state index contributed by atoms with van der Waals surface area (Å²) in [7, 11) is 0. The maximum atomic E-state index is 12.3. The molecule has 0 aromatic heterocycles. The molecule has 5 heteroatoms. The van der Waals surface area contributed by atoms with E-state index in [1.54, 1.807) is 6.92 Å². The van der Waals surface area contributed by atoms with Crippen LogP contribution in [0.15, 0.2) is 18.2 Å². The standard InChI is InChI=1S/C15H15NO4/c1-7-6-8(14(19)20)4-5-9(7)16-12(17)10-11(13(16)18)15(10,2)3/h4-6,10-11H,1-3H3,(H,19,20). The molecular weight excluding hydrogens is 258 g/mol. The first kappa shape index (κ1) is 12.8. The summed E-state index contributed by atoms with van der Waals surface area (Å²) in [5, 5.41) is 8.94. The Hall–Kier alpha value is -2.17. The second-order valence-electron chi connectivity index (χ2n) is 6.10. The van der Waals surface area contributed by atoms with E-state index in [-0.39, 0.29) is 34.6 Å². The molecule has 2 atom stereocenters. The topological polar surface area (TPSA) is 74.7 Å². The van der Waals surface area contributed by atoms with Gasteiger partial charge in [-0.05, 0) is 36.1 Å². The first-order chi connectivity index (χ1) is 9.26. The Kier molecular flexibility index (Phi) is 2.37. The minimum atomic E-state index is -1.03. The van der Waals surface area contributed by atoms with Crippen molar-refractivity contribution in [3.8, 4) is 0 Å². The number of rotatable bonds is 2. The van der Waals surface area contributed by atoms with E-state index >= 15 is 0 Å². The van der Waals surface area contributed by atoms with E-state index in [1.165, 1.54) is 23.1 Å². The summed E-state index contributed by atoms with van der Waals surface area (Å²) >= 11 is 0. The Morgan fingerprint density at radius 1 is 1.20 bits per heavy atom. The molecule has 2 unspecified atom stereocenters. The highest BCUT2D eigenvalue weighted by Gasteiger charge is 2.72. The lowest BCUT2D eigenvalue weighted by atomic mass is 10.0. The highest BCUT2D eigenvalue weighted by atomic mass is 16.4. The zero-order chi connectivity index (χ0) is 14.8. The fraction of sp³-hybridized carbons (Fsp3) is 0.400. The van der Waals surface area contributed by atoms with Crippen molar-refractivity contribution >= 4 is 23.5 Å². The molecule has 2 aliphatic rings. The number of imide groups is 1. The van der Waals surface area contributed by atoms with E-state index in [9.17, 15) is 14.4 Å². The molecule has 0 spiro atoms. The summed E-state index contributed by atoms with van der Waals surface area (Å²) in [6, 6.07) is 4.43. The Morgan fingerprint density at radius 2 is 1.75 bits per heavy atom. The first-order valence-corrected chi connectivity index (χ1v) is 6.48. The molecule has 1 aliphatic heterocycles. The Balaban J connectivity index is 1.98. The molecule has 1 aliphatic carbocycles. The van der Waals surface area contributed by atoms with E-state index in [0.29, 0.717) is 11.3 Å². The van der Waals surface area contributed by atoms with E-state index in [4.69, 9.17) is 5.11 Å². The highest BCUT2D eigenvalue weighted by molar-refractivity contribution is 6.26. The normalized spacial score (nSPS) is 26.6. The SMILES string of the molecule is Cc1cc(C(=O)O)ccc1N1C(=O)C2C(C1=O)C2(C)C. The van der Waals surface area contributed by atoms with Crippen molar-refractivity contribution in [2.24, 2.45) is 17.3 Å². The summed E-state index contributed by atoms with van der Waals surface area (Å²) in [5.41, 5.74) is 1.02. The molecule has 2 fully saturated rings. The number of benzene rings is 1. The van der Waals surface area contributed by atoms with Gasteiger partial charge in [0.1, 0.15) is 0 Å². The molecule has 1 saturated carbocycles. The number of hydrogen-bond acceptors (Lipinski definition) is 3. The van der Waals surface area contributed by atoms with Crippen molar-refractivity contribution in [3.63, 3.8) is 0 Å². The lowest BCUT2D eigenvalue weighted by Gasteiger charge is -2.22. The summed E-state index contributed by atoms with van der Waals surface area (Å²) in [6.45, 7) is 5.56. The van der Waals surface area contributed by atoms with Gasteiger partial charge in [0.15, 0.2) is 0 Å². The van der Waals surface area contributed by atoms with Crippen molar-refractivity contribution < 1.29 is 19.5 Å². The number of aromatic carboxylic acids is 1. The summed E-state index contributed by atoms with van der Waals surface area (Å²) in [5.74, 6) is -1.82. The number of hydrogen-bond donors (Lipinski definition) is 1. The van der Waals surface area contributed by atoms with Gasteiger partial charge in [0.2, 0.25) is 11.8 Å². The highest BCUT2D eigenvalue weighted by Crippen LogP contribution is 2.63. The summed E-state index contributed by atoms with van der Waals surface area (Å²) < 4.78 is 0. The zero-order valence-electron chi connectivity index (χ0n) is 11.5. The van der Waals surface area contributed by atoms with Gasteiger partial charge in [0, 0.05) is 0 Å². The third kappa shape index (κ3) is 1.46. The van der Waals surface area contributed by atoms with Gasteiger partial charge in [-0.1, -0.05) is 13.8 Å². The quantitative estimate of drug-likeness (QED) is 0.834. The molecular formula is C15H15NO4. The second kappa shape index (κ2) is 3.69. The number of nitrogens with zero attached hydrogens (tertiary/aromatic N) is 1. The fourth-order valence-electron chi connectivity index (χ4n) is 3.22. The minimum Gasteiger partial charge on any atom is -0.478 e. The molecule has 1 aromatic rings. The van der Waals surface area contributed by atoms with Crippen molar-refractivity contribution in [1.82, 2.24) is 0 Å². The average Bonchev–Trinajstić information content (AvgIpc) is 2.81. The molecule has 1 N–H and O–H groups in total. The number of carboxylic acids is 1. The Labute approximate surface area is 116 Å². The Bertz CT molecular complexity index is 638. The molecule has 2 amide bonds. The third-order valence-corrected chi connectivity index (χ3v) is 4.48. The molecule has 1 heterocycles. The van der Waals surface area contributed by atoms with Gasteiger partial charge >= 0.3 is 5.97 Å². The van der Waals surface area contributed by atoms with Crippen LogP contribution in [0, 0.1) is 24.2 Å². The number of carbonyl (C=O) groups is 3. The van der Waals surface area contributed by atoms with Gasteiger partial charge in [-0.25, -0.2) is 9.69 Å². The predicted molar refractivity (Wildman–Crippen MR) is 71.4 cm³/mol. The predicted octanol–water partition coefficient (Wildman–Crippen LogP) is 1.84. The number of aryl methyl sites for hydroxylation is 1. The minimum absolute atomic E-state index is 0.149. The fourth-order valence-corrected chi connectivity index (χ4v) is 3.22. The maximum absolute atomic E-state index is 12.3. The van der Waals surface area contributed by atoms with Crippen LogP contribution >= 0.6 is 0 Å². The first-order valence-electron chi connectivity index (χ1n) is 6.48. The van der Waals surface area contributed by atoms with Crippen LogP contribution < -0.4 is 4.90 Å². The van der Waals surface area contributed by atoms with Crippen LogP contribution in [0.25, 0.3) is 0 Å². The smallest absolute Gasteiger partial charge is 0.335 e. The summed E-state index contributed by atoms with van der Waals surface area (Å²) in [4.78, 5) is 36.8. The molecule has 3 rings (SSSR count). The van der Waals surface area contributed by atoms with Crippen LogP contribution in [0.3, 0.4) is 0 Å². The van der Waals surface area contributed by atoms with Gasteiger partial charge in [-0.15, -0.1) is 0 Å². The van der Waals surface area contributed by atoms with Crippen LogP contribution in [-0.2, 0) is 9.59 Å². The lowest BCUT2D eigenvalue weighted by molar-refractivity contribution is -0.125. The van der Waals surface area contributed by atoms with Crippen LogP contribution in [0.4, 0.5) is 5.69 Å². The third-order valence-electron chi connectivity index (χ3n) is 4.48. The van der Waals surface area contributed by atoms with E-state index < -0.39 is 5.97 Å². The number of carboxylic acid groups (broad SMARTS) is 1. The van der Waals surface area contributed by atoms with Crippen LogP contribution in [0.5, 0.6) is 0 Å². The van der Waals surface area contributed by atoms with Crippen molar-refractivity contribution in [2.45, 2.75) is 20.8 Å². The monoisotopic (exact) mass is 273 g/mol. The molecule has 1 saturated heterocycles. The Morgan fingerprint density at radius 3 is 2.20 bits per heavy atom. The van der Waals surface area contributed by atoms with Gasteiger partial charge in [-0.3, -0.25) is 9.59 Å². The van der Waals surface area contributed by atoms with E-state index in [1.807, 2.05) is 13.8 Å². The van der Waals surface area contributed by atoms with Crippen LogP contribution in [-0.4, -0.2) is 22.9 Å².